The lowest BCUT2D eigenvalue weighted by Crippen LogP contribution is -2.22. The van der Waals surface area contributed by atoms with Gasteiger partial charge in [0.25, 0.3) is 0 Å². The number of para-hydroxylation sites is 1. The third-order valence-electron chi connectivity index (χ3n) is 3.00. The van der Waals surface area contributed by atoms with Gasteiger partial charge in [-0.25, -0.2) is 9.78 Å². The van der Waals surface area contributed by atoms with Crippen molar-refractivity contribution in [3.63, 3.8) is 0 Å². The molecule has 0 fully saturated rings. The quantitative estimate of drug-likeness (QED) is 0.344. The van der Waals surface area contributed by atoms with Crippen LogP contribution in [0.2, 0.25) is 0 Å². The smallest absolute Gasteiger partial charge is 0.349 e. The average Bonchev–Trinajstić information content (AvgIpc) is 3.06. The van der Waals surface area contributed by atoms with E-state index in [9.17, 15) is 9.59 Å². The standard InChI is InChI=1S/C18H15N3O3S/c1-3-9-24-17(23)14(11-19)10-15-12-25-18(20-15)21(13(2)22)16-7-5-4-6-8-16/h3-8,10,12H,1,9H2,2H3/b14-10+. The van der Waals surface area contributed by atoms with Crippen molar-refractivity contribution in [1.29, 1.82) is 5.26 Å². The number of carbonyl (C=O) groups is 2. The zero-order valence-electron chi connectivity index (χ0n) is 13.5. The highest BCUT2D eigenvalue weighted by atomic mass is 32.1. The Morgan fingerprint density at radius 3 is 2.72 bits per heavy atom. The lowest BCUT2D eigenvalue weighted by molar-refractivity contribution is -0.137. The molecule has 1 amide bonds. The SMILES string of the molecule is C=CCOC(=O)/C(C#N)=C/c1csc(N(C(C)=O)c2ccccc2)n1. The molecule has 0 bridgehead atoms. The number of aromatic nitrogens is 1. The summed E-state index contributed by atoms with van der Waals surface area (Å²) < 4.78 is 4.84. The van der Waals surface area contributed by atoms with Crippen LogP contribution < -0.4 is 4.90 Å². The van der Waals surface area contributed by atoms with Crippen LogP contribution in [0, 0.1) is 11.3 Å². The summed E-state index contributed by atoms with van der Waals surface area (Å²) in [7, 11) is 0. The number of ether oxygens (including phenoxy) is 1. The summed E-state index contributed by atoms with van der Waals surface area (Å²) in [4.78, 5) is 29.5. The molecular weight excluding hydrogens is 338 g/mol. The summed E-state index contributed by atoms with van der Waals surface area (Å²) in [5.41, 5.74) is 0.910. The van der Waals surface area contributed by atoms with Crippen LogP contribution in [0.15, 0.2) is 53.9 Å². The van der Waals surface area contributed by atoms with Crippen LogP contribution >= 0.6 is 11.3 Å². The minimum atomic E-state index is -0.747. The Morgan fingerprint density at radius 1 is 1.40 bits per heavy atom. The lowest BCUT2D eigenvalue weighted by atomic mass is 10.2. The molecule has 0 unspecified atom stereocenters. The number of hydrogen-bond acceptors (Lipinski definition) is 6. The fraction of sp³-hybridized carbons (Fsp3) is 0.111. The molecule has 6 nitrogen and oxygen atoms in total. The van der Waals surface area contributed by atoms with Crippen LogP contribution in [0.25, 0.3) is 6.08 Å². The summed E-state index contributed by atoms with van der Waals surface area (Å²) in [5, 5.41) is 11.2. The predicted molar refractivity (Wildman–Crippen MR) is 96.1 cm³/mol. The summed E-state index contributed by atoms with van der Waals surface area (Å²) >= 11 is 1.23. The third-order valence-corrected chi connectivity index (χ3v) is 3.84. The minimum Gasteiger partial charge on any atom is -0.457 e. The maximum absolute atomic E-state index is 12.0. The van der Waals surface area contributed by atoms with Crippen molar-refractivity contribution in [2.45, 2.75) is 6.92 Å². The Labute approximate surface area is 149 Å². The fourth-order valence-electron chi connectivity index (χ4n) is 1.95. The van der Waals surface area contributed by atoms with E-state index in [1.165, 1.54) is 35.3 Å². The van der Waals surface area contributed by atoms with Crippen molar-refractivity contribution in [1.82, 2.24) is 4.98 Å². The Morgan fingerprint density at radius 2 is 2.12 bits per heavy atom. The Bertz CT molecular complexity index is 850. The number of carbonyl (C=O) groups excluding carboxylic acids is 2. The van der Waals surface area contributed by atoms with Crippen LogP contribution in [0.4, 0.5) is 10.8 Å². The van der Waals surface area contributed by atoms with E-state index in [1.807, 2.05) is 18.2 Å². The van der Waals surface area contributed by atoms with Crippen LogP contribution in [-0.4, -0.2) is 23.5 Å². The molecule has 0 saturated carbocycles. The average molecular weight is 353 g/mol. The molecule has 2 rings (SSSR count). The highest BCUT2D eigenvalue weighted by molar-refractivity contribution is 7.14. The molecule has 0 N–H and O–H groups in total. The zero-order chi connectivity index (χ0) is 18.2. The second-order valence-corrected chi connectivity index (χ2v) is 5.64. The highest BCUT2D eigenvalue weighted by Gasteiger charge is 2.18. The number of nitrogens with zero attached hydrogens (tertiary/aromatic N) is 3. The van der Waals surface area contributed by atoms with Gasteiger partial charge in [0, 0.05) is 12.3 Å². The van der Waals surface area contributed by atoms with Crippen LogP contribution in [0.3, 0.4) is 0 Å². The molecule has 1 aromatic heterocycles. The first-order valence-electron chi connectivity index (χ1n) is 7.28. The van der Waals surface area contributed by atoms with Crippen molar-refractivity contribution in [3.05, 3.63) is 59.6 Å². The maximum atomic E-state index is 12.0. The highest BCUT2D eigenvalue weighted by Crippen LogP contribution is 2.29. The van der Waals surface area contributed by atoms with E-state index in [1.54, 1.807) is 23.6 Å². The lowest BCUT2D eigenvalue weighted by Gasteiger charge is -2.17. The first-order valence-corrected chi connectivity index (χ1v) is 8.16. The van der Waals surface area contributed by atoms with E-state index < -0.39 is 5.97 Å². The molecular formula is C18H15N3O3S. The largest absolute Gasteiger partial charge is 0.457 e. The van der Waals surface area contributed by atoms with Gasteiger partial charge in [-0.2, -0.15) is 5.26 Å². The van der Waals surface area contributed by atoms with Gasteiger partial charge in [-0.15, -0.1) is 11.3 Å². The molecule has 0 atom stereocenters. The molecule has 0 aliphatic rings. The maximum Gasteiger partial charge on any atom is 0.349 e. The number of thiazole rings is 1. The Hall–Kier alpha value is -3.24. The summed E-state index contributed by atoms with van der Waals surface area (Å²) in [6, 6.07) is 10.9. The minimum absolute atomic E-state index is 0.0201. The number of esters is 1. The number of rotatable bonds is 6. The van der Waals surface area contributed by atoms with E-state index in [4.69, 9.17) is 10.00 Å². The summed E-state index contributed by atoms with van der Waals surface area (Å²) in [6.07, 6.45) is 2.74. The molecule has 0 radical (unpaired) electrons. The van der Waals surface area contributed by atoms with Crippen LogP contribution in [-0.2, 0) is 14.3 Å². The summed E-state index contributed by atoms with van der Waals surface area (Å²) in [5.74, 6) is -0.939. The monoisotopic (exact) mass is 353 g/mol. The molecule has 1 aromatic carbocycles. The Balaban J connectivity index is 2.30. The normalized spacial score (nSPS) is 10.6. The first kappa shape index (κ1) is 18.1. The van der Waals surface area contributed by atoms with Crippen LogP contribution in [0.1, 0.15) is 12.6 Å². The van der Waals surface area contributed by atoms with Gasteiger partial charge in [0.2, 0.25) is 5.91 Å². The van der Waals surface area contributed by atoms with E-state index in [-0.39, 0.29) is 18.1 Å². The number of benzene rings is 1. The van der Waals surface area contributed by atoms with Gasteiger partial charge in [-0.3, -0.25) is 9.69 Å². The first-order chi connectivity index (χ1) is 12.1. The van der Waals surface area contributed by atoms with E-state index in [0.29, 0.717) is 16.5 Å². The van der Waals surface area contributed by atoms with Gasteiger partial charge in [-0.1, -0.05) is 30.9 Å². The number of anilines is 2. The predicted octanol–water partition coefficient (Wildman–Crippen LogP) is 3.46. The van der Waals surface area contributed by atoms with Gasteiger partial charge in [0.15, 0.2) is 5.13 Å². The van der Waals surface area contributed by atoms with Gasteiger partial charge in [0.1, 0.15) is 18.2 Å². The van der Waals surface area contributed by atoms with Gasteiger partial charge in [0.05, 0.1) is 11.4 Å². The van der Waals surface area contributed by atoms with Crippen molar-refractivity contribution in [2.75, 3.05) is 11.5 Å². The fourth-order valence-corrected chi connectivity index (χ4v) is 2.79. The molecule has 0 saturated heterocycles. The zero-order valence-corrected chi connectivity index (χ0v) is 14.3. The topological polar surface area (TPSA) is 83.3 Å². The molecule has 0 aliphatic heterocycles. The molecule has 7 heteroatoms. The van der Waals surface area contributed by atoms with Crippen LogP contribution in [0.5, 0.6) is 0 Å². The third kappa shape index (κ3) is 4.62. The second-order valence-electron chi connectivity index (χ2n) is 4.80. The van der Waals surface area contributed by atoms with E-state index in [0.717, 1.165) is 0 Å². The van der Waals surface area contributed by atoms with Crippen molar-refractivity contribution < 1.29 is 14.3 Å². The van der Waals surface area contributed by atoms with Crippen molar-refractivity contribution in [3.8, 4) is 6.07 Å². The molecule has 25 heavy (non-hydrogen) atoms. The van der Waals surface area contributed by atoms with E-state index in [2.05, 4.69) is 11.6 Å². The molecule has 1 heterocycles. The Kier molecular flexibility index (Phi) is 6.20. The molecule has 0 spiro atoms. The van der Waals surface area contributed by atoms with Gasteiger partial charge < -0.3 is 4.74 Å². The van der Waals surface area contributed by atoms with E-state index >= 15 is 0 Å². The van der Waals surface area contributed by atoms with Gasteiger partial charge >= 0.3 is 5.97 Å². The number of amides is 1. The van der Waals surface area contributed by atoms with Crippen molar-refractivity contribution in [2.24, 2.45) is 0 Å². The number of hydrogen-bond donors (Lipinski definition) is 0. The molecule has 2 aromatic rings. The second kappa shape index (κ2) is 8.57. The molecule has 0 aliphatic carbocycles. The van der Waals surface area contributed by atoms with Gasteiger partial charge in [-0.05, 0) is 18.2 Å². The number of nitriles is 1. The summed E-state index contributed by atoms with van der Waals surface area (Å²) in [6.45, 7) is 4.90. The van der Waals surface area contributed by atoms with Crippen molar-refractivity contribution >= 4 is 40.1 Å². The molecule has 126 valence electrons.